The lowest BCUT2D eigenvalue weighted by atomic mass is 10.2. The largest absolute Gasteiger partial charge is 0.335 e. The number of carbonyl (C=O) groups is 1. The molecule has 0 unspecified atom stereocenters. The summed E-state index contributed by atoms with van der Waals surface area (Å²) >= 11 is 3.40. The van der Waals surface area contributed by atoms with Gasteiger partial charge in [0, 0.05) is 4.47 Å². The van der Waals surface area contributed by atoms with E-state index in [1.807, 2.05) is 48.5 Å². The van der Waals surface area contributed by atoms with E-state index in [2.05, 4.69) is 25.9 Å². The molecule has 0 saturated carbocycles. The highest BCUT2D eigenvalue weighted by Crippen LogP contribution is 2.14. The molecular weight excluding hydrogens is 316 g/mol. The Hall–Kier alpha value is -2.20. The number of allylic oxidation sites excluding steroid dienone is 1. The number of nitrogens with zero attached hydrogens (tertiary/aromatic N) is 1. The highest BCUT2D eigenvalue weighted by Gasteiger charge is 2.07. The Balaban J connectivity index is 1.85. The minimum Gasteiger partial charge on any atom is -0.335 e. The molecule has 0 radical (unpaired) electrons. The molecule has 1 heterocycles. The van der Waals surface area contributed by atoms with Crippen LogP contribution < -0.4 is 0 Å². The molecule has 3 aromatic rings. The molecule has 1 N–H and O–H groups in total. The number of imidazole rings is 1. The molecule has 0 aliphatic rings. The van der Waals surface area contributed by atoms with Crippen LogP contribution in [0.25, 0.3) is 17.1 Å². The van der Waals surface area contributed by atoms with Gasteiger partial charge in [-0.25, -0.2) is 4.98 Å². The molecule has 0 bridgehead atoms. The summed E-state index contributed by atoms with van der Waals surface area (Å²) in [6, 6.07) is 15.3. The third-order valence-corrected chi connectivity index (χ3v) is 3.39. The predicted octanol–water partition coefficient (Wildman–Crippen LogP) is 4.22. The van der Waals surface area contributed by atoms with Gasteiger partial charge in [-0.15, -0.1) is 0 Å². The van der Waals surface area contributed by atoms with Gasteiger partial charge in [0.1, 0.15) is 0 Å². The predicted molar refractivity (Wildman–Crippen MR) is 83.6 cm³/mol. The van der Waals surface area contributed by atoms with Gasteiger partial charge >= 0.3 is 0 Å². The lowest BCUT2D eigenvalue weighted by Gasteiger charge is -1.93. The fourth-order valence-corrected chi connectivity index (χ4v) is 2.35. The highest BCUT2D eigenvalue weighted by atomic mass is 79.9. The smallest absolute Gasteiger partial charge is 0.221 e. The first-order valence-corrected chi connectivity index (χ1v) is 6.94. The lowest BCUT2D eigenvalue weighted by molar-refractivity contribution is 0.103. The molecule has 0 saturated heterocycles. The molecule has 3 nitrogen and oxygen atoms in total. The number of rotatable bonds is 3. The molecule has 0 aliphatic carbocycles. The molecule has 20 heavy (non-hydrogen) atoms. The number of aromatic amines is 1. The van der Waals surface area contributed by atoms with Gasteiger partial charge in [-0.05, 0) is 35.9 Å². The second kappa shape index (κ2) is 5.43. The first kappa shape index (κ1) is 12.8. The lowest BCUT2D eigenvalue weighted by Crippen LogP contribution is -1.96. The molecule has 0 aliphatic heterocycles. The van der Waals surface area contributed by atoms with Crippen molar-refractivity contribution in [3.63, 3.8) is 0 Å². The molecule has 0 amide bonds. The van der Waals surface area contributed by atoms with Crippen molar-refractivity contribution < 1.29 is 4.79 Å². The van der Waals surface area contributed by atoms with E-state index >= 15 is 0 Å². The number of para-hydroxylation sites is 2. The Labute approximate surface area is 124 Å². The van der Waals surface area contributed by atoms with Gasteiger partial charge in [-0.1, -0.05) is 46.3 Å². The summed E-state index contributed by atoms with van der Waals surface area (Å²) in [5, 5.41) is 0. The van der Waals surface area contributed by atoms with Crippen molar-refractivity contribution in [2.45, 2.75) is 0 Å². The van der Waals surface area contributed by atoms with Gasteiger partial charge in [0.05, 0.1) is 11.0 Å². The number of halogens is 1. The van der Waals surface area contributed by atoms with E-state index in [0.29, 0.717) is 5.82 Å². The zero-order valence-corrected chi connectivity index (χ0v) is 12.1. The minimum atomic E-state index is -0.138. The van der Waals surface area contributed by atoms with Crippen LogP contribution in [0.1, 0.15) is 16.2 Å². The second-order valence-electron chi connectivity index (χ2n) is 4.36. The molecule has 0 fully saturated rings. The Morgan fingerprint density at radius 3 is 2.80 bits per heavy atom. The number of hydrogen-bond donors (Lipinski definition) is 1. The van der Waals surface area contributed by atoms with Crippen molar-refractivity contribution >= 4 is 38.8 Å². The van der Waals surface area contributed by atoms with E-state index in [1.165, 1.54) is 6.08 Å². The number of carbonyl (C=O) groups excluding carboxylic acids is 1. The number of ketones is 1. The molecular formula is C16H11BrN2O. The highest BCUT2D eigenvalue weighted by molar-refractivity contribution is 9.10. The maximum Gasteiger partial charge on any atom is 0.221 e. The Bertz CT molecular complexity index is 772. The maximum atomic E-state index is 12.1. The summed E-state index contributed by atoms with van der Waals surface area (Å²) in [6.07, 6.45) is 3.31. The molecule has 1 aromatic heterocycles. The van der Waals surface area contributed by atoms with E-state index in [0.717, 1.165) is 21.1 Å². The Kier molecular flexibility index (Phi) is 3.48. The van der Waals surface area contributed by atoms with Crippen molar-refractivity contribution in [1.82, 2.24) is 9.97 Å². The van der Waals surface area contributed by atoms with Crippen molar-refractivity contribution in [1.29, 1.82) is 0 Å². The van der Waals surface area contributed by atoms with Crippen LogP contribution >= 0.6 is 15.9 Å². The van der Waals surface area contributed by atoms with Crippen LogP contribution in [0.4, 0.5) is 0 Å². The maximum absolute atomic E-state index is 12.1. The summed E-state index contributed by atoms with van der Waals surface area (Å²) < 4.78 is 0.982. The van der Waals surface area contributed by atoms with E-state index in [4.69, 9.17) is 0 Å². The standard InChI is InChI=1S/C16H11BrN2O/c17-12-5-3-4-11(10-12)8-9-15(20)16-18-13-6-1-2-7-14(13)19-16/h1-10H,(H,18,19)/b9-8+. The van der Waals surface area contributed by atoms with E-state index in [1.54, 1.807) is 6.08 Å². The average molecular weight is 327 g/mol. The van der Waals surface area contributed by atoms with Crippen LogP contribution in [0, 0.1) is 0 Å². The molecule has 4 heteroatoms. The zero-order chi connectivity index (χ0) is 13.9. The van der Waals surface area contributed by atoms with Crippen LogP contribution in [0.15, 0.2) is 59.1 Å². The van der Waals surface area contributed by atoms with Crippen LogP contribution in [0.2, 0.25) is 0 Å². The van der Waals surface area contributed by atoms with Crippen LogP contribution in [0.3, 0.4) is 0 Å². The number of aromatic nitrogens is 2. The normalized spacial score (nSPS) is 11.2. The fourth-order valence-electron chi connectivity index (χ4n) is 1.93. The Morgan fingerprint density at radius 2 is 2.00 bits per heavy atom. The van der Waals surface area contributed by atoms with E-state index < -0.39 is 0 Å². The summed E-state index contributed by atoms with van der Waals surface area (Å²) in [7, 11) is 0. The van der Waals surface area contributed by atoms with Gasteiger partial charge in [0.15, 0.2) is 5.82 Å². The van der Waals surface area contributed by atoms with Gasteiger partial charge in [-0.2, -0.15) is 0 Å². The molecule has 2 aromatic carbocycles. The van der Waals surface area contributed by atoms with Crippen LogP contribution in [0.5, 0.6) is 0 Å². The second-order valence-corrected chi connectivity index (χ2v) is 5.27. The zero-order valence-electron chi connectivity index (χ0n) is 10.5. The summed E-state index contributed by atoms with van der Waals surface area (Å²) in [5.74, 6) is 0.221. The van der Waals surface area contributed by atoms with Crippen molar-refractivity contribution in [2.24, 2.45) is 0 Å². The molecule has 0 spiro atoms. The average Bonchev–Trinajstić information content (AvgIpc) is 2.89. The van der Waals surface area contributed by atoms with Gasteiger partial charge in [0.25, 0.3) is 0 Å². The molecule has 3 rings (SSSR count). The van der Waals surface area contributed by atoms with Crippen molar-refractivity contribution in [2.75, 3.05) is 0 Å². The number of H-pyrrole nitrogens is 1. The topological polar surface area (TPSA) is 45.8 Å². The number of hydrogen-bond acceptors (Lipinski definition) is 2. The minimum absolute atomic E-state index is 0.138. The van der Waals surface area contributed by atoms with Crippen LogP contribution in [-0.2, 0) is 0 Å². The summed E-state index contributed by atoms with van der Waals surface area (Å²) in [5.41, 5.74) is 2.63. The summed E-state index contributed by atoms with van der Waals surface area (Å²) in [6.45, 7) is 0. The SMILES string of the molecule is O=C(/C=C/c1cccc(Br)c1)c1nc2ccccc2[nH]1. The first-order chi connectivity index (χ1) is 9.72. The first-order valence-electron chi connectivity index (χ1n) is 6.15. The van der Waals surface area contributed by atoms with Gasteiger partial charge < -0.3 is 4.98 Å². The van der Waals surface area contributed by atoms with Gasteiger partial charge in [0.2, 0.25) is 5.78 Å². The number of nitrogens with one attached hydrogen (secondary N) is 1. The van der Waals surface area contributed by atoms with Crippen molar-refractivity contribution in [3.8, 4) is 0 Å². The van der Waals surface area contributed by atoms with E-state index in [9.17, 15) is 4.79 Å². The quantitative estimate of drug-likeness (QED) is 0.578. The molecule has 98 valence electrons. The number of benzene rings is 2. The van der Waals surface area contributed by atoms with E-state index in [-0.39, 0.29) is 5.78 Å². The summed E-state index contributed by atoms with van der Waals surface area (Å²) in [4.78, 5) is 19.4. The van der Waals surface area contributed by atoms with Gasteiger partial charge in [-0.3, -0.25) is 4.79 Å². The van der Waals surface area contributed by atoms with Crippen molar-refractivity contribution in [3.05, 3.63) is 70.5 Å². The Morgan fingerprint density at radius 1 is 1.15 bits per heavy atom. The van der Waals surface area contributed by atoms with Crippen LogP contribution in [-0.4, -0.2) is 15.8 Å². The third kappa shape index (κ3) is 2.70. The molecule has 0 atom stereocenters. The third-order valence-electron chi connectivity index (χ3n) is 2.90. The fraction of sp³-hybridized carbons (Fsp3) is 0. The monoisotopic (exact) mass is 326 g/mol. The number of fused-ring (bicyclic) bond motifs is 1.